The highest BCUT2D eigenvalue weighted by molar-refractivity contribution is 5.86. The predicted molar refractivity (Wildman–Crippen MR) is 71.5 cm³/mol. The van der Waals surface area contributed by atoms with Crippen molar-refractivity contribution in [1.29, 1.82) is 5.26 Å². The molecular weight excluding hydrogens is 270 g/mol. The van der Waals surface area contributed by atoms with Crippen LogP contribution in [0.5, 0.6) is 5.75 Å². The molecule has 1 aliphatic rings. The Morgan fingerprint density at radius 3 is 3.00 bits per heavy atom. The van der Waals surface area contributed by atoms with Crippen LogP contribution < -0.4 is 4.74 Å². The molecule has 2 heterocycles. The Bertz CT molecular complexity index is 839. The zero-order chi connectivity index (χ0) is 14.2. The number of furan rings is 1. The van der Waals surface area contributed by atoms with Gasteiger partial charge in [-0.3, -0.25) is 0 Å². The molecule has 0 atom stereocenters. The van der Waals surface area contributed by atoms with Gasteiger partial charge in [-0.25, -0.2) is 0 Å². The van der Waals surface area contributed by atoms with Crippen LogP contribution in [0.4, 0.5) is 0 Å². The summed E-state index contributed by atoms with van der Waals surface area (Å²) in [6, 6.07) is 9.35. The van der Waals surface area contributed by atoms with Gasteiger partial charge in [-0.05, 0) is 25.0 Å². The van der Waals surface area contributed by atoms with Gasteiger partial charge in [-0.15, -0.1) is 0 Å². The number of aromatic nitrogens is 2. The first-order chi connectivity index (χ1) is 10.3. The monoisotopic (exact) mass is 281 g/mol. The highest BCUT2D eigenvalue weighted by Crippen LogP contribution is 2.39. The molecule has 0 amide bonds. The minimum Gasteiger partial charge on any atom is -0.480 e. The number of nitriles is 1. The fourth-order valence-electron chi connectivity index (χ4n) is 2.20. The third-order valence-electron chi connectivity index (χ3n) is 3.41. The molecule has 0 N–H and O–H groups in total. The molecule has 0 spiro atoms. The molecule has 2 aromatic heterocycles. The van der Waals surface area contributed by atoms with Crippen LogP contribution in [0.25, 0.3) is 11.0 Å². The predicted octanol–water partition coefficient (Wildman–Crippen LogP) is 3.14. The molecule has 0 unspecified atom stereocenters. The zero-order valence-electron chi connectivity index (χ0n) is 11.1. The Labute approximate surface area is 119 Å². The third kappa shape index (κ3) is 2.13. The Hall–Kier alpha value is -2.81. The largest absolute Gasteiger partial charge is 0.480 e. The van der Waals surface area contributed by atoms with E-state index < -0.39 is 0 Å². The minimum absolute atomic E-state index is 0.147. The average Bonchev–Trinajstić information content (AvgIpc) is 3.15. The van der Waals surface area contributed by atoms with Crippen molar-refractivity contribution >= 4 is 11.0 Å². The maximum Gasteiger partial charge on any atom is 0.246 e. The molecule has 1 fully saturated rings. The maximum absolute atomic E-state index is 9.13. The van der Waals surface area contributed by atoms with E-state index in [0.29, 0.717) is 29.0 Å². The normalized spacial score (nSPS) is 14.2. The van der Waals surface area contributed by atoms with Crippen molar-refractivity contribution in [3.8, 4) is 11.8 Å². The van der Waals surface area contributed by atoms with E-state index >= 15 is 0 Å². The summed E-state index contributed by atoms with van der Waals surface area (Å²) in [6.45, 7) is 0.147. The van der Waals surface area contributed by atoms with Crippen molar-refractivity contribution in [1.82, 2.24) is 10.1 Å². The van der Waals surface area contributed by atoms with Crippen LogP contribution >= 0.6 is 0 Å². The number of nitrogens with zero attached hydrogens (tertiary/aromatic N) is 3. The van der Waals surface area contributed by atoms with E-state index in [-0.39, 0.29) is 12.4 Å². The third-order valence-corrected chi connectivity index (χ3v) is 3.41. The van der Waals surface area contributed by atoms with E-state index in [1.807, 2.05) is 24.3 Å². The molecule has 0 radical (unpaired) electrons. The van der Waals surface area contributed by atoms with Crippen LogP contribution in [0, 0.1) is 11.3 Å². The SMILES string of the molecule is N#Cc1oc2ccccc2c1OCc1noc(C2CC2)n1. The van der Waals surface area contributed by atoms with Gasteiger partial charge in [0.05, 0.1) is 5.39 Å². The standard InChI is InChI=1S/C15H11N3O3/c16-7-12-14(10-3-1-2-4-11(10)20-12)19-8-13-17-15(21-18-13)9-5-6-9/h1-4,9H,5-6,8H2. The summed E-state index contributed by atoms with van der Waals surface area (Å²) in [4.78, 5) is 4.29. The van der Waals surface area contributed by atoms with Gasteiger partial charge < -0.3 is 13.7 Å². The van der Waals surface area contributed by atoms with Gasteiger partial charge in [0, 0.05) is 5.92 Å². The fourth-order valence-corrected chi connectivity index (χ4v) is 2.20. The van der Waals surface area contributed by atoms with Crippen LogP contribution in [-0.2, 0) is 6.61 Å². The second kappa shape index (κ2) is 4.63. The van der Waals surface area contributed by atoms with Crippen LogP contribution in [-0.4, -0.2) is 10.1 Å². The molecule has 6 nitrogen and oxygen atoms in total. The topological polar surface area (TPSA) is 85.1 Å². The fraction of sp³-hybridized carbons (Fsp3) is 0.267. The Morgan fingerprint density at radius 1 is 1.33 bits per heavy atom. The van der Waals surface area contributed by atoms with Gasteiger partial charge in [0.2, 0.25) is 17.5 Å². The average molecular weight is 281 g/mol. The van der Waals surface area contributed by atoms with Crippen molar-refractivity contribution in [2.45, 2.75) is 25.4 Å². The first-order valence-electron chi connectivity index (χ1n) is 6.72. The van der Waals surface area contributed by atoms with Crippen LogP contribution in [0.2, 0.25) is 0 Å². The van der Waals surface area contributed by atoms with Crippen molar-refractivity contribution in [2.24, 2.45) is 0 Å². The number of hydrogen-bond donors (Lipinski definition) is 0. The van der Waals surface area contributed by atoms with Gasteiger partial charge in [0.1, 0.15) is 11.7 Å². The molecular formula is C15H11N3O3. The summed E-state index contributed by atoms with van der Waals surface area (Å²) in [7, 11) is 0. The minimum atomic E-state index is 0.147. The van der Waals surface area contributed by atoms with Crippen molar-refractivity contribution < 1.29 is 13.7 Å². The Morgan fingerprint density at radius 2 is 2.19 bits per heavy atom. The van der Waals surface area contributed by atoms with E-state index in [1.165, 1.54) is 0 Å². The quantitative estimate of drug-likeness (QED) is 0.730. The zero-order valence-corrected chi connectivity index (χ0v) is 11.1. The van der Waals surface area contributed by atoms with Crippen LogP contribution in [0.1, 0.15) is 36.2 Å². The molecule has 0 aliphatic heterocycles. The molecule has 1 aromatic carbocycles. The van der Waals surface area contributed by atoms with Gasteiger partial charge >= 0.3 is 0 Å². The van der Waals surface area contributed by atoms with Gasteiger partial charge in [0.15, 0.2) is 12.4 Å². The lowest BCUT2D eigenvalue weighted by molar-refractivity contribution is 0.283. The van der Waals surface area contributed by atoms with Crippen LogP contribution in [0.3, 0.4) is 0 Å². The number of benzene rings is 1. The second-order valence-corrected chi connectivity index (χ2v) is 4.98. The number of ether oxygens (including phenoxy) is 1. The lowest BCUT2D eigenvalue weighted by Gasteiger charge is -2.00. The molecule has 0 saturated heterocycles. The van der Waals surface area contributed by atoms with Crippen LogP contribution in [0.15, 0.2) is 33.2 Å². The van der Waals surface area contributed by atoms with E-state index in [1.54, 1.807) is 6.07 Å². The van der Waals surface area contributed by atoms with E-state index in [2.05, 4.69) is 10.1 Å². The molecule has 4 rings (SSSR count). The lowest BCUT2D eigenvalue weighted by atomic mass is 10.2. The Balaban J connectivity index is 1.59. The van der Waals surface area contributed by atoms with Crippen molar-refractivity contribution in [2.75, 3.05) is 0 Å². The molecule has 1 aliphatic carbocycles. The van der Waals surface area contributed by atoms with E-state index in [9.17, 15) is 0 Å². The number of hydrogen-bond acceptors (Lipinski definition) is 6. The molecule has 0 bridgehead atoms. The highest BCUT2D eigenvalue weighted by Gasteiger charge is 2.29. The molecule has 6 heteroatoms. The number of fused-ring (bicyclic) bond motifs is 1. The summed E-state index contributed by atoms with van der Waals surface area (Å²) >= 11 is 0. The first-order valence-corrected chi connectivity index (χ1v) is 6.72. The summed E-state index contributed by atoms with van der Waals surface area (Å²) in [5.41, 5.74) is 0.621. The highest BCUT2D eigenvalue weighted by atomic mass is 16.5. The summed E-state index contributed by atoms with van der Waals surface area (Å²) in [5, 5.41) is 13.8. The smallest absolute Gasteiger partial charge is 0.246 e. The number of rotatable bonds is 4. The van der Waals surface area contributed by atoms with E-state index in [4.69, 9.17) is 18.9 Å². The van der Waals surface area contributed by atoms with Crippen molar-refractivity contribution in [3.63, 3.8) is 0 Å². The molecule has 21 heavy (non-hydrogen) atoms. The lowest BCUT2D eigenvalue weighted by Crippen LogP contribution is -1.98. The summed E-state index contributed by atoms with van der Waals surface area (Å²) in [5.74, 6) is 2.14. The molecule has 104 valence electrons. The summed E-state index contributed by atoms with van der Waals surface area (Å²) < 4.78 is 16.3. The van der Waals surface area contributed by atoms with Crippen molar-refractivity contribution in [3.05, 3.63) is 41.7 Å². The second-order valence-electron chi connectivity index (χ2n) is 4.98. The maximum atomic E-state index is 9.13. The Kier molecular flexibility index (Phi) is 2.64. The van der Waals surface area contributed by atoms with Gasteiger partial charge in [-0.2, -0.15) is 10.2 Å². The summed E-state index contributed by atoms with van der Waals surface area (Å²) in [6.07, 6.45) is 2.21. The first kappa shape index (κ1) is 12.0. The molecule has 1 saturated carbocycles. The van der Waals surface area contributed by atoms with E-state index in [0.717, 1.165) is 18.2 Å². The molecule has 3 aromatic rings. The number of para-hydroxylation sites is 1. The van der Waals surface area contributed by atoms with Gasteiger partial charge in [-0.1, -0.05) is 17.3 Å². The van der Waals surface area contributed by atoms with Gasteiger partial charge in [0.25, 0.3) is 0 Å².